The molecule has 1 fully saturated rings. The van der Waals surface area contributed by atoms with E-state index in [4.69, 9.17) is 0 Å². The van der Waals surface area contributed by atoms with Gasteiger partial charge in [-0.15, -0.1) is 0 Å². The number of sulfonamides is 1. The number of anilines is 1. The number of nitrogens with one attached hydrogen (secondary N) is 1. The predicted molar refractivity (Wildman–Crippen MR) is 79.2 cm³/mol. The minimum Gasteiger partial charge on any atom is -0.352 e. The van der Waals surface area contributed by atoms with Crippen molar-refractivity contribution in [3.8, 4) is 0 Å². The number of hydrogen-bond acceptors (Lipinski definition) is 3. The van der Waals surface area contributed by atoms with Crippen LogP contribution in [0.1, 0.15) is 25.3 Å². The minimum atomic E-state index is -3.48. The van der Waals surface area contributed by atoms with Crippen molar-refractivity contribution in [3.63, 3.8) is 0 Å². The van der Waals surface area contributed by atoms with Gasteiger partial charge >= 0.3 is 0 Å². The summed E-state index contributed by atoms with van der Waals surface area (Å²) in [5.74, 6) is -0.252. The number of carbonyl (C=O) groups excluding carboxylic acids is 1. The Morgan fingerprint density at radius 1 is 1.30 bits per heavy atom. The lowest BCUT2D eigenvalue weighted by atomic mass is 10.1. The first-order chi connectivity index (χ1) is 9.40. The summed E-state index contributed by atoms with van der Waals surface area (Å²) in [7, 11) is -3.48. The lowest BCUT2D eigenvalue weighted by Crippen LogP contribution is -2.41. The fourth-order valence-electron chi connectivity index (χ4n) is 1.93. The maximum atomic E-state index is 11.9. The number of amides is 1. The van der Waals surface area contributed by atoms with E-state index in [1.54, 1.807) is 12.1 Å². The van der Waals surface area contributed by atoms with Gasteiger partial charge in [0.1, 0.15) is 6.54 Å². The Labute approximate surface area is 120 Å². The van der Waals surface area contributed by atoms with Gasteiger partial charge in [0.25, 0.3) is 0 Å². The molecule has 0 bridgehead atoms. The molecule has 0 spiro atoms. The fraction of sp³-hybridized carbons (Fsp3) is 0.500. The highest BCUT2D eigenvalue weighted by Crippen LogP contribution is 2.20. The van der Waals surface area contributed by atoms with E-state index in [1.165, 1.54) is 0 Å². The summed E-state index contributed by atoms with van der Waals surface area (Å²) in [6.45, 7) is 1.87. The van der Waals surface area contributed by atoms with Crippen molar-refractivity contribution in [3.05, 3.63) is 29.8 Å². The van der Waals surface area contributed by atoms with Gasteiger partial charge in [-0.1, -0.05) is 19.1 Å². The van der Waals surface area contributed by atoms with Gasteiger partial charge in [0, 0.05) is 6.04 Å². The molecule has 0 unspecified atom stereocenters. The number of carbonyl (C=O) groups is 1. The largest absolute Gasteiger partial charge is 0.352 e. The van der Waals surface area contributed by atoms with Gasteiger partial charge in [-0.05, 0) is 37.0 Å². The average Bonchev–Trinajstić information content (AvgIpc) is 3.19. The quantitative estimate of drug-likeness (QED) is 0.860. The summed E-state index contributed by atoms with van der Waals surface area (Å²) in [5, 5.41) is 2.80. The molecule has 1 saturated carbocycles. The molecule has 2 rings (SSSR count). The molecule has 0 saturated heterocycles. The van der Waals surface area contributed by atoms with E-state index < -0.39 is 10.0 Å². The third-order valence-electron chi connectivity index (χ3n) is 3.26. The molecule has 0 heterocycles. The Bertz CT molecular complexity index is 577. The van der Waals surface area contributed by atoms with Crippen LogP contribution in [0, 0.1) is 0 Å². The van der Waals surface area contributed by atoms with Crippen molar-refractivity contribution >= 4 is 21.6 Å². The molecule has 6 heteroatoms. The van der Waals surface area contributed by atoms with Gasteiger partial charge in [0.05, 0.1) is 11.9 Å². The van der Waals surface area contributed by atoms with Crippen molar-refractivity contribution in [2.24, 2.45) is 0 Å². The van der Waals surface area contributed by atoms with Crippen LogP contribution < -0.4 is 9.62 Å². The van der Waals surface area contributed by atoms with Crippen molar-refractivity contribution in [1.82, 2.24) is 5.32 Å². The van der Waals surface area contributed by atoms with Crippen LogP contribution in [0.4, 0.5) is 5.69 Å². The second-order valence-corrected chi connectivity index (χ2v) is 7.04. The summed E-state index contributed by atoms with van der Waals surface area (Å²) in [5.41, 5.74) is 1.65. The summed E-state index contributed by atoms with van der Waals surface area (Å²) in [4.78, 5) is 11.8. The number of aryl methyl sites for hydroxylation is 1. The zero-order chi connectivity index (χ0) is 14.8. The molecular weight excluding hydrogens is 276 g/mol. The van der Waals surface area contributed by atoms with Crippen molar-refractivity contribution < 1.29 is 13.2 Å². The Kier molecular flexibility index (Phi) is 4.32. The van der Waals surface area contributed by atoms with E-state index >= 15 is 0 Å². The Morgan fingerprint density at radius 2 is 1.90 bits per heavy atom. The van der Waals surface area contributed by atoms with Crippen molar-refractivity contribution in [2.45, 2.75) is 32.2 Å². The molecule has 1 aliphatic rings. The second kappa shape index (κ2) is 5.83. The fourth-order valence-corrected chi connectivity index (χ4v) is 2.79. The van der Waals surface area contributed by atoms with Crippen LogP contribution in [0.25, 0.3) is 0 Å². The topological polar surface area (TPSA) is 66.5 Å². The van der Waals surface area contributed by atoms with Crippen LogP contribution in [-0.4, -0.2) is 33.2 Å². The zero-order valence-corrected chi connectivity index (χ0v) is 12.6. The zero-order valence-electron chi connectivity index (χ0n) is 11.8. The van der Waals surface area contributed by atoms with Crippen LogP contribution in [0.2, 0.25) is 0 Å². The molecular formula is C14H20N2O3S. The Morgan fingerprint density at radius 3 is 2.35 bits per heavy atom. The van der Waals surface area contributed by atoms with Gasteiger partial charge in [0.15, 0.2) is 0 Å². The maximum Gasteiger partial charge on any atom is 0.240 e. The molecule has 20 heavy (non-hydrogen) atoms. The molecule has 1 aliphatic carbocycles. The SMILES string of the molecule is CCc1ccc(N(CC(=O)NC2CC2)S(C)(=O)=O)cc1. The maximum absolute atomic E-state index is 11.9. The highest BCUT2D eigenvalue weighted by molar-refractivity contribution is 7.92. The minimum absolute atomic E-state index is 0.166. The molecule has 110 valence electrons. The number of hydrogen-bond donors (Lipinski definition) is 1. The van der Waals surface area contributed by atoms with Gasteiger partial charge in [-0.2, -0.15) is 0 Å². The highest BCUT2D eigenvalue weighted by atomic mass is 32.2. The van der Waals surface area contributed by atoms with E-state index in [0.29, 0.717) is 5.69 Å². The standard InChI is InChI=1S/C14H20N2O3S/c1-3-11-4-8-13(9-5-11)16(20(2,18)19)10-14(17)15-12-6-7-12/h4-5,8-9,12H,3,6-7,10H2,1-2H3,(H,15,17). The van der Waals surface area contributed by atoms with Gasteiger partial charge in [0.2, 0.25) is 15.9 Å². The molecule has 1 aromatic rings. The third-order valence-corrected chi connectivity index (χ3v) is 4.40. The lowest BCUT2D eigenvalue weighted by Gasteiger charge is -2.22. The highest BCUT2D eigenvalue weighted by Gasteiger charge is 2.26. The Hall–Kier alpha value is -1.56. The monoisotopic (exact) mass is 296 g/mol. The van der Waals surface area contributed by atoms with Crippen LogP contribution >= 0.6 is 0 Å². The van der Waals surface area contributed by atoms with E-state index in [1.807, 2.05) is 19.1 Å². The summed E-state index contributed by atoms with van der Waals surface area (Å²) in [6, 6.07) is 7.47. The van der Waals surface area contributed by atoms with Crippen LogP contribution in [0.15, 0.2) is 24.3 Å². The number of rotatable bonds is 6. The first-order valence-corrected chi connectivity index (χ1v) is 8.61. The summed E-state index contributed by atoms with van der Waals surface area (Å²) in [6.07, 6.45) is 3.97. The van der Waals surface area contributed by atoms with Crippen LogP contribution in [-0.2, 0) is 21.2 Å². The van der Waals surface area contributed by atoms with Gasteiger partial charge in [-0.3, -0.25) is 9.10 Å². The molecule has 0 aliphatic heterocycles. The van der Waals surface area contributed by atoms with Crippen LogP contribution in [0.3, 0.4) is 0 Å². The first-order valence-electron chi connectivity index (χ1n) is 6.76. The van der Waals surface area contributed by atoms with E-state index in [0.717, 1.165) is 35.4 Å². The molecule has 1 aromatic carbocycles. The second-order valence-electron chi connectivity index (χ2n) is 5.13. The lowest BCUT2D eigenvalue weighted by molar-refractivity contribution is -0.119. The number of nitrogens with zero attached hydrogens (tertiary/aromatic N) is 1. The average molecular weight is 296 g/mol. The summed E-state index contributed by atoms with van der Waals surface area (Å²) >= 11 is 0. The molecule has 5 nitrogen and oxygen atoms in total. The van der Waals surface area contributed by atoms with Gasteiger partial charge in [-0.25, -0.2) is 8.42 Å². The molecule has 1 N–H and O–H groups in total. The number of benzene rings is 1. The van der Waals surface area contributed by atoms with E-state index in [9.17, 15) is 13.2 Å². The van der Waals surface area contributed by atoms with E-state index in [-0.39, 0.29) is 18.5 Å². The molecule has 0 radical (unpaired) electrons. The van der Waals surface area contributed by atoms with Crippen molar-refractivity contribution in [1.29, 1.82) is 0 Å². The predicted octanol–water partition coefficient (Wildman–Crippen LogP) is 1.29. The van der Waals surface area contributed by atoms with Crippen LogP contribution in [0.5, 0.6) is 0 Å². The summed E-state index contributed by atoms with van der Waals surface area (Å²) < 4.78 is 24.9. The van der Waals surface area contributed by atoms with Gasteiger partial charge < -0.3 is 5.32 Å². The Balaban J connectivity index is 2.15. The molecule has 0 aromatic heterocycles. The molecule has 0 atom stereocenters. The van der Waals surface area contributed by atoms with Crippen molar-refractivity contribution in [2.75, 3.05) is 17.1 Å². The van der Waals surface area contributed by atoms with E-state index in [2.05, 4.69) is 5.32 Å². The molecule has 1 amide bonds. The third kappa shape index (κ3) is 3.96. The normalized spacial score (nSPS) is 14.9. The smallest absolute Gasteiger partial charge is 0.240 e. The first kappa shape index (κ1) is 14.8.